The molecule has 0 unspecified atom stereocenters. The van der Waals surface area contributed by atoms with Gasteiger partial charge in [-0.05, 0) is 6.07 Å². The van der Waals surface area contributed by atoms with Crippen molar-refractivity contribution >= 4 is 17.1 Å². The lowest BCUT2D eigenvalue weighted by molar-refractivity contribution is 0.475. The number of imidazole rings is 1. The number of rotatable bonds is 1. The Bertz CT molecular complexity index is 676. The third kappa shape index (κ3) is 1.65. The molecule has 3 aromatic rings. The molecule has 0 bridgehead atoms. The third-order valence-electron chi connectivity index (χ3n) is 2.61. The zero-order chi connectivity index (χ0) is 11.8. The molecule has 0 saturated carbocycles. The van der Waals surface area contributed by atoms with Crippen molar-refractivity contribution in [2.45, 2.75) is 0 Å². The highest BCUT2D eigenvalue weighted by Gasteiger charge is 2.10. The second-order valence-corrected chi connectivity index (χ2v) is 4.09. The second-order valence-electron chi connectivity index (χ2n) is 3.73. The lowest BCUT2D eigenvalue weighted by Gasteiger charge is -2.01. The molecular weight excluding hydrogens is 236 g/mol. The first kappa shape index (κ1) is 10.2. The van der Waals surface area contributed by atoms with Gasteiger partial charge in [0.2, 0.25) is 0 Å². The van der Waals surface area contributed by atoms with Gasteiger partial charge in [-0.15, -0.1) is 0 Å². The monoisotopic (exact) mass is 244 g/mol. The first-order valence-electron chi connectivity index (χ1n) is 5.18. The Morgan fingerprint density at radius 2 is 1.88 bits per heavy atom. The van der Waals surface area contributed by atoms with Crippen LogP contribution in [0.25, 0.3) is 16.9 Å². The average Bonchev–Trinajstić information content (AvgIpc) is 2.68. The Balaban J connectivity index is 2.32. The molecule has 84 valence electrons. The van der Waals surface area contributed by atoms with Crippen molar-refractivity contribution < 1.29 is 5.11 Å². The molecule has 4 heteroatoms. The number of nitrogens with zero attached hydrogens (tertiary/aromatic N) is 2. The highest BCUT2D eigenvalue weighted by Crippen LogP contribution is 2.27. The van der Waals surface area contributed by atoms with Gasteiger partial charge in [-0.3, -0.25) is 4.40 Å². The van der Waals surface area contributed by atoms with Gasteiger partial charge in [-0.1, -0.05) is 41.9 Å². The van der Waals surface area contributed by atoms with E-state index in [4.69, 9.17) is 11.6 Å². The molecule has 0 aliphatic rings. The molecule has 1 N–H and O–H groups in total. The van der Waals surface area contributed by atoms with Crippen molar-refractivity contribution in [3.05, 3.63) is 53.8 Å². The predicted molar refractivity (Wildman–Crippen MR) is 67.3 cm³/mol. The van der Waals surface area contributed by atoms with Gasteiger partial charge in [0.15, 0.2) is 5.15 Å². The standard InChI is InChI=1S/C13H9ClN2O/c14-12-11-8-10(17)6-7-16(11)13(15-12)9-4-2-1-3-5-9/h1-8,17H. The third-order valence-corrected chi connectivity index (χ3v) is 2.89. The Morgan fingerprint density at radius 1 is 1.12 bits per heavy atom. The Hall–Kier alpha value is -2.00. The van der Waals surface area contributed by atoms with Crippen molar-refractivity contribution in [3.63, 3.8) is 0 Å². The van der Waals surface area contributed by atoms with Gasteiger partial charge in [0, 0.05) is 17.8 Å². The van der Waals surface area contributed by atoms with Crippen LogP contribution in [0.2, 0.25) is 5.15 Å². The van der Waals surface area contributed by atoms with Gasteiger partial charge in [0.1, 0.15) is 11.6 Å². The Morgan fingerprint density at radius 3 is 2.65 bits per heavy atom. The summed E-state index contributed by atoms with van der Waals surface area (Å²) < 4.78 is 1.86. The zero-order valence-electron chi connectivity index (χ0n) is 8.84. The summed E-state index contributed by atoms with van der Waals surface area (Å²) in [5, 5.41) is 9.82. The molecule has 0 radical (unpaired) electrons. The van der Waals surface area contributed by atoms with Crippen LogP contribution < -0.4 is 0 Å². The molecule has 0 spiro atoms. The zero-order valence-corrected chi connectivity index (χ0v) is 9.59. The van der Waals surface area contributed by atoms with Crippen molar-refractivity contribution in [1.82, 2.24) is 9.38 Å². The number of aromatic nitrogens is 2. The highest BCUT2D eigenvalue weighted by molar-refractivity contribution is 6.33. The predicted octanol–water partition coefficient (Wildman–Crippen LogP) is 3.36. The van der Waals surface area contributed by atoms with Gasteiger partial charge in [-0.25, -0.2) is 4.98 Å². The van der Waals surface area contributed by atoms with Crippen LogP contribution in [-0.4, -0.2) is 14.5 Å². The maximum Gasteiger partial charge on any atom is 0.155 e. The lowest BCUT2D eigenvalue weighted by atomic mass is 10.2. The van der Waals surface area contributed by atoms with E-state index in [1.165, 1.54) is 0 Å². The van der Waals surface area contributed by atoms with Crippen LogP contribution in [0, 0.1) is 0 Å². The van der Waals surface area contributed by atoms with E-state index in [-0.39, 0.29) is 5.75 Å². The maximum atomic E-state index is 9.43. The van der Waals surface area contributed by atoms with Gasteiger partial charge >= 0.3 is 0 Å². The van der Waals surface area contributed by atoms with E-state index in [0.29, 0.717) is 10.7 Å². The fourth-order valence-electron chi connectivity index (χ4n) is 1.83. The average molecular weight is 245 g/mol. The summed E-state index contributed by atoms with van der Waals surface area (Å²) in [6.07, 6.45) is 1.76. The highest BCUT2D eigenvalue weighted by atomic mass is 35.5. The van der Waals surface area contributed by atoms with Gasteiger partial charge < -0.3 is 5.11 Å². The first-order valence-corrected chi connectivity index (χ1v) is 5.55. The molecule has 3 rings (SSSR count). The number of benzene rings is 1. The second kappa shape index (κ2) is 3.79. The summed E-state index contributed by atoms with van der Waals surface area (Å²) in [6, 6.07) is 13.0. The minimum absolute atomic E-state index is 0.180. The van der Waals surface area contributed by atoms with Crippen LogP contribution in [0.15, 0.2) is 48.7 Å². The number of hydrogen-bond donors (Lipinski definition) is 1. The molecule has 3 nitrogen and oxygen atoms in total. The SMILES string of the molecule is Oc1ccn2c(-c3ccccc3)nc(Cl)c2c1. The van der Waals surface area contributed by atoms with Crippen LogP contribution >= 0.6 is 11.6 Å². The minimum atomic E-state index is 0.180. The summed E-state index contributed by atoms with van der Waals surface area (Å²) in [5.74, 6) is 0.949. The van der Waals surface area contributed by atoms with Gasteiger partial charge in [0.25, 0.3) is 0 Å². The molecule has 0 fully saturated rings. The van der Waals surface area contributed by atoms with Crippen LogP contribution in [0.5, 0.6) is 5.75 Å². The fourth-order valence-corrected chi connectivity index (χ4v) is 2.05. The topological polar surface area (TPSA) is 37.5 Å². The summed E-state index contributed by atoms with van der Waals surface area (Å²) in [6.45, 7) is 0. The summed E-state index contributed by atoms with van der Waals surface area (Å²) in [4.78, 5) is 4.32. The Kier molecular flexibility index (Phi) is 2.27. The fraction of sp³-hybridized carbons (Fsp3) is 0. The largest absolute Gasteiger partial charge is 0.508 e. The van der Waals surface area contributed by atoms with Crippen molar-refractivity contribution in [2.75, 3.05) is 0 Å². The number of halogens is 1. The molecule has 2 heterocycles. The molecule has 2 aromatic heterocycles. The van der Waals surface area contributed by atoms with E-state index in [0.717, 1.165) is 11.4 Å². The van der Waals surface area contributed by atoms with Crippen molar-refractivity contribution in [3.8, 4) is 17.1 Å². The smallest absolute Gasteiger partial charge is 0.155 e. The van der Waals surface area contributed by atoms with Crippen LogP contribution in [-0.2, 0) is 0 Å². The molecule has 0 atom stereocenters. The molecule has 17 heavy (non-hydrogen) atoms. The molecule has 0 aliphatic carbocycles. The van der Waals surface area contributed by atoms with E-state index in [9.17, 15) is 5.11 Å². The molecule has 0 saturated heterocycles. The molecule has 0 aliphatic heterocycles. The quantitative estimate of drug-likeness (QED) is 0.713. The number of hydrogen-bond acceptors (Lipinski definition) is 2. The van der Waals surface area contributed by atoms with E-state index in [1.54, 1.807) is 18.3 Å². The molecule has 0 amide bonds. The van der Waals surface area contributed by atoms with Crippen LogP contribution in [0.4, 0.5) is 0 Å². The summed E-state index contributed by atoms with van der Waals surface area (Å²) in [7, 11) is 0. The minimum Gasteiger partial charge on any atom is -0.508 e. The lowest BCUT2D eigenvalue weighted by Crippen LogP contribution is -1.87. The molecular formula is C13H9ClN2O. The number of aromatic hydroxyl groups is 1. The van der Waals surface area contributed by atoms with Crippen LogP contribution in [0.1, 0.15) is 0 Å². The van der Waals surface area contributed by atoms with Crippen molar-refractivity contribution in [1.29, 1.82) is 0 Å². The van der Waals surface area contributed by atoms with E-state index < -0.39 is 0 Å². The van der Waals surface area contributed by atoms with E-state index >= 15 is 0 Å². The maximum absolute atomic E-state index is 9.43. The first-order chi connectivity index (χ1) is 8.25. The van der Waals surface area contributed by atoms with Gasteiger partial charge in [0.05, 0.1) is 5.52 Å². The van der Waals surface area contributed by atoms with E-state index in [1.807, 2.05) is 34.7 Å². The van der Waals surface area contributed by atoms with Crippen LogP contribution in [0.3, 0.4) is 0 Å². The van der Waals surface area contributed by atoms with E-state index in [2.05, 4.69) is 4.98 Å². The summed E-state index contributed by atoms with van der Waals surface area (Å²) >= 11 is 6.06. The summed E-state index contributed by atoms with van der Waals surface area (Å²) in [5.41, 5.74) is 1.69. The molecule has 1 aromatic carbocycles. The van der Waals surface area contributed by atoms with Crippen molar-refractivity contribution in [2.24, 2.45) is 0 Å². The number of fused-ring (bicyclic) bond motifs is 1. The van der Waals surface area contributed by atoms with Gasteiger partial charge in [-0.2, -0.15) is 0 Å². The normalized spacial score (nSPS) is 10.9. The number of pyridine rings is 1. The Labute approximate surface area is 103 Å².